The van der Waals surface area contributed by atoms with Gasteiger partial charge in [0.25, 0.3) is 0 Å². The third-order valence-electron chi connectivity index (χ3n) is 2.86. The Kier molecular flexibility index (Phi) is 5.23. The largest absolute Gasteiger partial charge is 0.397 e. The Morgan fingerprint density at radius 1 is 1.44 bits per heavy atom. The topological polar surface area (TPSA) is 58.3 Å². The lowest BCUT2D eigenvalue weighted by Crippen LogP contribution is -2.23. The molecule has 0 aromatic heterocycles. The Hall–Kier alpha value is -1.00. The maximum absolute atomic E-state index is 13.1. The van der Waals surface area contributed by atoms with Crippen LogP contribution in [0, 0.1) is 11.2 Å². The molecule has 0 radical (unpaired) electrons. The smallest absolute Gasteiger partial charge is 0.143 e. The second kappa shape index (κ2) is 6.25. The summed E-state index contributed by atoms with van der Waals surface area (Å²) in [6.07, 6.45) is 1.65. The van der Waals surface area contributed by atoms with Crippen molar-refractivity contribution >= 4 is 23.0 Å². The number of halogens is 2. The van der Waals surface area contributed by atoms with E-state index in [0.717, 1.165) is 12.8 Å². The summed E-state index contributed by atoms with van der Waals surface area (Å²) >= 11 is 5.72. The third kappa shape index (κ3) is 4.35. The van der Waals surface area contributed by atoms with Crippen molar-refractivity contribution in [2.24, 2.45) is 5.41 Å². The molecule has 0 heterocycles. The normalized spacial score (nSPS) is 11.6. The zero-order chi connectivity index (χ0) is 13.8. The van der Waals surface area contributed by atoms with Crippen LogP contribution in [-0.4, -0.2) is 18.3 Å². The van der Waals surface area contributed by atoms with Gasteiger partial charge in [0.1, 0.15) is 5.82 Å². The molecule has 18 heavy (non-hydrogen) atoms. The quantitative estimate of drug-likeness (QED) is 0.698. The molecule has 0 saturated carbocycles. The molecule has 0 bridgehead atoms. The molecule has 1 aromatic rings. The molecule has 1 aromatic carbocycles. The van der Waals surface area contributed by atoms with Crippen molar-refractivity contribution < 1.29 is 9.50 Å². The van der Waals surface area contributed by atoms with Gasteiger partial charge in [-0.05, 0) is 24.3 Å². The van der Waals surface area contributed by atoms with Crippen LogP contribution in [0.25, 0.3) is 0 Å². The van der Waals surface area contributed by atoms with Crippen LogP contribution < -0.4 is 11.1 Å². The Morgan fingerprint density at radius 2 is 2.11 bits per heavy atom. The van der Waals surface area contributed by atoms with Gasteiger partial charge in [0.2, 0.25) is 0 Å². The van der Waals surface area contributed by atoms with Crippen LogP contribution >= 0.6 is 11.6 Å². The van der Waals surface area contributed by atoms with E-state index >= 15 is 0 Å². The number of rotatable bonds is 6. The first-order chi connectivity index (χ1) is 8.35. The Balaban J connectivity index is 2.66. The molecule has 1 rings (SSSR count). The second-order valence-corrected chi connectivity index (χ2v) is 5.61. The summed E-state index contributed by atoms with van der Waals surface area (Å²) < 4.78 is 13.1. The maximum atomic E-state index is 13.1. The number of nitrogen functional groups attached to an aromatic ring is 1. The van der Waals surface area contributed by atoms with E-state index in [1.54, 1.807) is 0 Å². The lowest BCUT2D eigenvalue weighted by molar-refractivity contribution is 0.248. The van der Waals surface area contributed by atoms with E-state index < -0.39 is 5.82 Å². The van der Waals surface area contributed by atoms with Crippen LogP contribution in [0.4, 0.5) is 15.8 Å². The SMILES string of the molecule is CC(C)(CCCO)CNc1cc(Cl)c(F)cc1N. The Bertz CT molecular complexity index is 410. The Morgan fingerprint density at radius 3 is 2.72 bits per heavy atom. The maximum Gasteiger partial charge on any atom is 0.143 e. The fourth-order valence-electron chi connectivity index (χ4n) is 1.70. The highest BCUT2D eigenvalue weighted by Gasteiger charge is 2.17. The molecule has 0 amide bonds. The molecule has 5 heteroatoms. The molecular formula is C13H20ClFN2O. The van der Waals surface area contributed by atoms with Crippen LogP contribution in [-0.2, 0) is 0 Å². The van der Waals surface area contributed by atoms with Crippen molar-refractivity contribution in [1.29, 1.82) is 0 Å². The van der Waals surface area contributed by atoms with Gasteiger partial charge in [-0.3, -0.25) is 0 Å². The molecule has 0 atom stereocenters. The van der Waals surface area contributed by atoms with Crippen LogP contribution in [0.15, 0.2) is 12.1 Å². The fourth-order valence-corrected chi connectivity index (χ4v) is 1.86. The van der Waals surface area contributed by atoms with Gasteiger partial charge >= 0.3 is 0 Å². The van der Waals surface area contributed by atoms with E-state index in [-0.39, 0.29) is 17.0 Å². The van der Waals surface area contributed by atoms with Crippen molar-refractivity contribution in [1.82, 2.24) is 0 Å². The van der Waals surface area contributed by atoms with Gasteiger partial charge < -0.3 is 16.2 Å². The average Bonchev–Trinajstić information content (AvgIpc) is 2.30. The molecule has 0 fully saturated rings. The van der Waals surface area contributed by atoms with Crippen LogP contribution in [0.2, 0.25) is 5.02 Å². The van der Waals surface area contributed by atoms with Gasteiger partial charge in [-0.15, -0.1) is 0 Å². The Labute approximate surface area is 112 Å². The number of nitrogens with one attached hydrogen (secondary N) is 1. The molecule has 3 nitrogen and oxygen atoms in total. The van der Waals surface area contributed by atoms with E-state index in [4.69, 9.17) is 22.4 Å². The van der Waals surface area contributed by atoms with Gasteiger partial charge in [0.15, 0.2) is 0 Å². The summed E-state index contributed by atoms with van der Waals surface area (Å²) in [4.78, 5) is 0. The summed E-state index contributed by atoms with van der Waals surface area (Å²) in [5.41, 5.74) is 6.72. The van der Waals surface area contributed by atoms with E-state index in [1.807, 2.05) is 0 Å². The highest BCUT2D eigenvalue weighted by Crippen LogP contribution is 2.28. The number of anilines is 2. The summed E-state index contributed by atoms with van der Waals surface area (Å²) in [6, 6.07) is 2.71. The van der Waals surface area contributed by atoms with E-state index in [0.29, 0.717) is 17.9 Å². The molecule has 0 saturated heterocycles. The number of hydrogen-bond donors (Lipinski definition) is 3. The first kappa shape index (κ1) is 15.1. The number of benzene rings is 1. The van der Waals surface area contributed by atoms with Gasteiger partial charge in [0.05, 0.1) is 16.4 Å². The van der Waals surface area contributed by atoms with Crippen molar-refractivity contribution in [2.45, 2.75) is 26.7 Å². The van der Waals surface area contributed by atoms with Crippen LogP contribution in [0.5, 0.6) is 0 Å². The molecule has 0 aliphatic heterocycles. The lowest BCUT2D eigenvalue weighted by atomic mass is 9.88. The van der Waals surface area contributed by atoms with E-state index in [2.05, 4.69) is 19.2 Å². The van der Waals surface area contributed by atoms with Gasteiger partial charge in [0, 0.05) is 19.2 Å². The average molecular weight is 275 g/mol. The van der Waals surface area contributed by atoms with Gasteiger partial charge in [-0.25, -0.2) is 4.39 Å². The van der Waals surface area contributed by atoms with Crippen molar-refractivity contribution in [3.8, 4) is 0 Å². The predicted octanol–water partition coefficient (Wildman–Crippen LogP) is 3.27. The van der Waals surface area contributed by atoms with Crippen molar-refractivity contribution in [2.75, 3.05) is 24.2 Å². The van der Waals surface area contributed by atoms with Gasteiger partial charge in [-0.2, -0.15) is 0 Å². The first-order valence-corrected chi connectivity index (χ1v) is 6.33. The molecule has 0 aliphatic carbocycles. The molecule has 0 spiro atoms. The van der Waals surface area contributed by atoms with Crippen molar-refractivity contribution in [3.05, 3.63) is 23.0 Å². The minimum Gasteiger partial charge on any atom is -0.397 e. The van der Waals surface area contributed by atoms with E-state index in [1.165, 1.54) is 12.1 Å². The highest BCUT2D eigenvalue weighted by molar-refractivity contribution is 6.31. The minimum absolute atomic E-state index is 0.0238. The molecular weight excluding hydrogens is 255 g/mol. The minimum atomic E-state index is -0.515. The third-order valence-corrected chi connectivity index (χ3v) is 3.15. The summed E-state index contributed by atoms with van der Waals surface area (Å²) in [6.45, 7) is 5.06. The van der Waals surface area contributed by atoms with Crippen LogP contribution in [0.1, 0.15) is 26.7 Å². The van der Waals surface area contributed by atoms with Gasteiger partial charge in [-0.1, -0.05) is 25.4 Å². The predicted molar refractivity (Wildman–Crippen MR) is 74.4 cm³/mol. The summed E-state index contributed by atoms with van der Waals surface area (Å²) in [5, 5.41) is 12.1. The molecule has 102 valence electrons. The monoisotopic (exact) mass is 274 g/mol. The number of hydrogen-bond acceptors (Lipinski definition) is 3. The summed E-state index contributed by atoms with van der Waals surface area (Å²) in [5.74, 6) is -0.515. The second-order valence-electron chi connectivity index (χ2n) is 5.20. The molecule has 0 unspecified atom stereocenters. The zero-order valence-corrected chi connectivity index (χ0v) is 11.5. The number of aliphatic hydroxyl groups is 1. The number of aliphatic hydroxyl groups excluding tert-OH is 1. The summed E-state index contributed by atoms with van der Waals surface area (Å²) in [7, 11) is 0. The standard InChI is InChI=1S/C13H20ClFN2O/c1-13(2,4-3-5-18)8-17-12-6-9(14)10(15)7-11(12)16/h6-7,17-18H,3-5,8,16H2,1-2H3. The lowest BCUT2D eigenvalue weighted by Gasteiger charge is -2.25. The van der Waals surface area contributed by atoms with Crippen molar-refractivity contribution in [3.63, 3.8) is 0 Å². The zero-order valence-electron chi connectivity index (χ0n) is 10.8. The first-order valence-electron chi connectivity index (χ1n) is 5.95. The fraction of sp³-hybridized carbons (Fsp3) is 0.538. The van der Waals surface area contributed by atoms with Crippen LogP contribution in [0.3, 0.4) is 0 Å². The molecule has 0 aliphatic rings. The van der Waals surface area contributed by atoms with E-state index in [9.17, 15) is 4.39 Å². The number of nitrogens with two attached hydrogens (primary N) is 1. The highest BCUT2D eigenvalue weighted by atomic mass is 35.5. The molecule has 4 N–H and O–H groups in total.